The van der Waals surface area contributed by atoms with Crippen LogP contribution in [0.4, 0.5) is 0 Å². The summed E-state index contributed by atoms with van der Waals surface area (Å²) in [6.45, 7) is 13.9. The summed E-state index contributed by atoms with van der Waals surface area (Å²) in [6, 6.07) is 0. The van der Waals surface area contributed by atoms with Gasteiger partial charge in [-0.25, -0.2) is 0 Å². The highest BCUT2D eigenvalue weighted by Gasteiger charge is 2.34. The molecule has 0 saturated heterocycles. The van der Waals surface area contributed by atoms with Gasteiger partial charge >= 0.3 is 7.60 Å². The summed E-state index contributed by atoms with van der Waals surface area (Å²) in [6.07, 6.45) is 1.74. The van der Waals surface area contributed by atoms with Gasteiger partial charge in [0.05, 0.1) is 0 Å². The van der Waals surface area contributed by atoms with Gasteiger partial charge in [-0.2, -0.15) is 0 Å². The average Bonchev–Trinajstić information content (AvgIpc) is 1.74. The van der Waals surface area contributed by atoms with Crippen molar-refractivity contribution in [2.75, 3.05) is 0 Å². The Bertz CT molecular complexity index is 256. The first-order valence-electron chi connectivity index (χ1n) is 5.12. The van der Waals surface area contributed by atoms with Crippen molar-refractivity contribution in [3.63, 3.8) is 0 Å². The van der Waals surface area contributed by atoms with E-state index >= 15 is 0 Å². The van der Waals surface area contributed by atoms with Gasteiger partial charge in [0.25, 0.3) is 0 Å². The zero-order chi connectivity index (χ0) is 12.3. The summed E-state index contributed by atoms with van der Waals surface area (Å²) in [4.78, 5) is 0. The Balaban J connectivity index is 4.85. The third-order valence-electron chi connectivity index (χ3n) is 1.13. The van der Waals surface area contributed by atoms with E-state index in [1.165, 1.54) is 0 Å². The molecule has 0 spiro atoms. The molecule has 0 fully saturated rings. The van der Waals surface area contributed by atoms with Gasteiger partial charge in [-0.05, 0) is 46.2 Å². The van der Waals surface area contributed by atoms with Gasteiger partial charge in [-0.3, -0.25) is 4.57 Å². The molecule has 0 saturated carbocycles. The number of hydrogen-bond acceptors (Lipinski definition) is 3. The van der Waals surface area contributed by atoms with Crippen LogP contribution >= 0.6 is 7.60 Å². The zero-order valence-corrected chi connectivity index (χ0v) is 13.7. The molecule has 90 valence electrons. The normalized spacial score (nSPS) is 14.9. The predicted octanol–water partition coefficient (Wildman–Crippen LogP) is 4.42. The van der Waals surface area contributed by atoms with Crippen LogP contribution in [0.2, 0.25) is 39.3 Å². The van der Waals surface area contributed by atoms with E-state index in [0.29, 0.717) is 0 Å². The number of rotatable bonds is 5. The van der Waals surface area contributed by atoms with Crippen molar-refractivity contribution in [3.05, 3.63) is 11.9 Å². The van der Waals surface area contributed by atoms with E-state index in [9.17, 15) is 4.57 Å². The van der Waals surface area contributed by atoms with Crippen molar-refractivity contribution in [2.24, 2.45) is 0 Å². The summed E-state index contributed by atoms with van der Waals surface area (Å²) in [7, 11) is -6.71. The van der Waals surface area contributed by atoms with Gasteiger partial charge in [-0.1, -0.05) is 6.08 Å². The zero-order valence-electron chi connectivity index (χ0n) is 10.8. The highest BCUT2D eigenvalue weighted by Crippen LogP contribution is 2.54. The summed E-state index contributed by atoms with van der Waals surface area (Å²) < 4.78 is 23.7. The summed E-state index contributed by atoms with van der Waals surface area (Å²) in [5, 5.41) is 0. The molecule has 0 bridgehead atoms. The van der Waals surface area contributed by atoms with Gasteiger partial charge in [-0.15, -0.1) is 0 Å². The Morgan fingerprint density at radius 1 is 0.933 bits per heavy atom. The van der Waals surface area contributed by atoms with Crippen molar-refractivity contribution in [1.29, 1.82) is 0 Å². The molecule has 0 heterocycles. The van der Waals surface area contributed by atoms with E-state index in [0.717, 1.165) is 0 Å². The second kappa shape index (κ2) is 5.10. The Labute approximate surface area is 95.7 Å². The maximum absolute atomic E-state index is 12.4. The molecular formula is C9H23O3PSi2. The Morgan fingerprint density at radius 3 is 1.47 bits per heavy atom. The van der Waals surface area contributed by atoms with Crippen LogP contribution in [0.25, 0.3) is 0 Å². The Kier molecular flexibility index (Phi) is 5.21. The van der Waals surface area contributed by atoms with Crippen molar-refractivity contribution >= 4 is 24.2 Å². The van der Waals surface area contributed by atoms with E-state index < -0.39 is 24.2 Å². The quantitative estimate of drug-likeness (QED) is 0.546. The lowest BCUT2D eigenvalue weighted by Crippen LogP contribution is -2.29. The van der Waals surface area contributed by atoms with Crippen molar-refractivity contribution < 1.29 is 13.0 Å². The molecule has 0 aromatic heterocycles. The van der Waals surface area contributed by atoms with Crippen molar-refractivity contribution in [3.8, 4) is 0 Å². The second-order valence-corrected chi connectivity index (χ2v) is 16.7. The lowest BCUT2D eigenvalue weighted by Gasteiger charge is -2.28. The number of hydrogen-bond donors (Lipinski definition) is 0. The SMILES string of the molecule is C/C=C\P(=O)(O[Si](C)(C)C)O[Si](C)(C)C. The molecule has 3 nitrogen and oxygen atoms in total. The minimum Gasteiger partial charge on any atom is -0.349 e. The fraction of sp³-hybridized carbons (Fsp3) is 0.778. The molecule has 0 atom stereocenters. The molecule has 0 aliphatic rings. The van der Waals surface area contributed by atoms with Gasteiger partial charge < -0.3 is 8.43 Å². The smallest absolute Gasteiger partial charge is 0.334 e. The molecule has 0 N–H and O–H groups in total. The molecule has 0 unspecified atom stereocenters. The molecule has 0 rings (SSSR count). The summed E-state index contributed by atoms with van der Waals surface area (Å²) in [5.41, 5.74) is 0. The number of allylic oxidation sites excluding steroid dienone is 1. The van der Waals surface area contributed by atoms with Crippen LogP contribution in [0.5, 0.6) is 0 Å². The van der Waals surface area contributed by atoms with Crippen LogP contribution in [0.3, 0.4) is 0 Å². The molecule has 0 aromatic rings. The predicted molar refractivity (Wildman–Crippen MR) is 71.3 cm³/mol. The molecule has 15 heavy (non-hydrogen) atoms. The lowest BCUT2D eigenvalue weighted by atomic mass is 10.8. The first-order chi connectivity index (χ1) is 6.47. The molecule has 0 aliphatic carbocycles. The van der Waals surface area contributed by atoms with Crippen LogP contribution < -0.4 is 0 Å². The third kappa shape index (κ3) is 8.16. The molecule has 0 aliphatic heterocycles. The molecule has 6 heteroatoms. The minimum atomic E-state index is -3.02. The second-order valence-electron chi connectivity index (χ2n) is 5.43. The van der Waals surface area contributed by atoms with E-state index in [4.69, 9.17) is 8.43 Å². The average molecular weight is 266 g/mol. The topological polar surface area (TPSA) is 35.5 Å². The lowest BCUT2D eigenvalue weighted by molar-refractivity contribution is 0.395. The maximum atomic E-state index is 12.4. The van der Waals surface area contributed by atoms with E-state index in [1.54, 1.807) is 11.9 Å². The van der Waals surface area contributed by atoms with Crippen LogP contribution in [0.15, 0.2) is 11.9 Å². The minimum absolute atomic E-state index is 1.57. The van der Waals surface area contributed by atoms with Gasteiger partial charge in [0.1, 0.15) is 0 Å². The highest BCUT2D eigenvalue weighted by molar-refractivity contribution is 7.60. The van der Waals surface area contributed by atoms with Gasteiger partial charge in [0, 0.05) is 5.82 Å². The molecular weight excluding hydrogens is 243 g/mol. The van der Waals surface area contributed by atoms with E-state index in [1.807, 2.05) is 46.2 Å². The highest BCUT2D eigenvalue weighted by atomic mass is 31.2. The summed E-state index contributed by atoms with van der Waals surface area (Å²) in [5.74, 6) is 1.57. The largest absolute Gasteiger partial charge is 0.349 e. The standard InChI is InChI=1S/C9H23O3PSi2/c1-8-9-13(10,11-14(2,3)4)12-15(5,6)7/h8-9H,1-7H3/b9-8-. The fourth-order valence-corrected chi connectivity index (χ4v) is 8.47. The first-order valence-corrected chi connectivity index (χ1v) is 13.6. The first kappa shape index (κ1) is 15.3. The van der Waals surface area contributed by atoms with Crippen molar-refractivity contribution in [1.82, 2.24) is 0 Å². The molecule has 0 radical (unpaired) electrons. The van der Waals surface area contributed by atoms with Gasteiger partial charge in [0.15, 0.2) is 16.6 Å². The van der Waals surface area contributed by atoms with E-state index in [-0.39, 0.29) is 0 Å². The molecule has 0 amide bonds. The van der Waals surface area contributed by atoms with Crippen LogP contribution in [-0.2, 0) is 13.0 Å². The van der Waals surface area contributed by atoms with Crippen molar-refractivity contribution in [2.45, 2.75) is 46.2 Å². The van der Waals surface area contributed by atoms with Crippen LogP contribution in [0.1, 0.15) is 6.92 Å². The maximum Gasteiger partial charge on any atom is 0.334 e. The Hall–Kier alpha value is 0.324. The van der Waals surface area contributed by atoms with E-state index in [2.05, 4.69) is 0 Å². The van der Waals surface area contributed by atoms with Gasteiger partial charge in [0.2, 0.25) is 0 Å². The summed E-state index contributed by atoms with van der Waals surface area (Å²) >= 11 is 0. The monoisotopic (exact) mass is 266 g/mol. The fourth-order valence-electron chi connectivity index (χ4n) is 1.03. The van der Waals surface area contributed by atoms with Crippen LogP contribution in [0, 0.1) is 0 Å². The third-order valence-corrected chi connectivity index (χ3v) is 8.21. The van der Waals surface area contributed by atoms with Crippen LogP contribution in [-0.4, -0.2) is 16.6 Å². The molecule has 0 aromatic carbocycles. The Morgan fingerprint density at radius 2 is 1.27 bits per heavy atom.